The smallest absolute Gasteiger partial charge is 0.307 e. The minimum absolute atomic E-state index is 0.0656. The number of amides is 1. The molecule has 0 unspecified atom stereocenters. The fraction of sp³-hybridized carbons (Fsp3) is 0.529. The van der Waals surface area contributed by atoms with Crippen molar-refractivity contribution in [3.05, 3.63) is 24.3 Å². The van der Waals surface area contributed by atoms with Crippen LogP contribution >= 0.6 is 11.8 Å². The monoisotopic (exact) mass is 336 g/mol. The quantitative estimate of drug-likeness (QED) is 0.776. The van der Waals surface area contributed by atoms with Gasteiger partial charge in [0.05, 0.1) is 12.1 Å². The molecule has 5 nitrogen and oxygen atoms in total. The molecule has 0 aliphatic carbocycles. The fourth-order valence-electron chi connectivity index (χ4n) is 2.47. The number of carbonyl (C=O) groups excluding carboxylic acids is 2. The van der Waals surface area contributed by atoms with Crippen LogP contribution in [0.25, 0.3) is 0 Å². The molecule has 0 aromatic heterocycles. The van der Waals surface area contributed by atoms with E-state index < -0.39 is 4.75 Å². The number of thioether (sulfide) groups is 1. The summed E-state index contributed by atoms with van der Waals surface area (Å²) in [5.74, 6) is -0.483. The number of rotatable bonds is 7. The summed E-state index contributed by atoms with van der Waals surface area (Å²) in [5.41, 5.74) is 0.801. The maximum atomic E-state index is 12.3. The fourth-order valence-corrected chi connectivity index (χ4v) is 3.67. The molecule has 0 fully saturated rings. The van der Waals surface area contributed by atoms with Gasteiger partial charge in [0.1, 0.15) is 11.4 Å². The highest BCUT2D eigenvalue weighted by Crippen LogP contribution is 2.44. The summed E-state index contributed by atoms with van der Waals surface area (Å²) in [5, 5.41) is 2.87. The second kappa shape index (κ2) is 7.84. The molecule has 0 spiro atoms. The summed E-state index contributed by atoms with van der Waals surface area (Å²) in [4.78, 5) is 27.6. The Kier molecular flexibility index (Phi) is 6.07. The Bertz CT molecular complexity index is 575. The predicted octanol–water partition coefficient (Wildman–Crippen LogP) is 2.76. The van der Waals surface area contributed by atoms with Gasteiger partial charge in [0, 0.05) is 11.4 Å². The number of likely N-dealkylation sites (N-methyl/N-ethyl adjacent to an activating group) is 1. The molecule has 6 heteroatoms. The average molecular weight is 336 g/mol. The van der Waals surface area contributed by atoms with Gasteiger partial charge in [-0.15, -0.1) is 11.8 Å². The zero-order valence-corrected chi connectivity index (χ0v) is 14.7. The number of benzene rings is 1. The number of hydrogen-bond donors (Lipinski definition) is 1. The minimum Gasteiger partial charge on any atom is -0.464 e. The summed E-state index contributed by atoms with van der Waals surface area (Å²) in [6, 6.07) is 7.61. The standard InChI is InChI=1S/C17H24N2O3S/c1-4-19(5-2)10-11-22-15(20)12-17(3)16(21)18-13-8-6-7-9-14(13)23-17/h6-9H,4-5,10-12H2,1-3H3,(H,18,21)/t17-/m1/s1. The Balaban J connectivity index is 1.91. The van der Waals surface area contributed by atoms with E-state index in [4.69, 9.17) is 4.74 Å². The number of para-hydroxylation sites is 1. The highest BCUT2D eigenvalue weighted by atomic mass is 32.2. The Hall–Kier alpha value is -1.53. The number of fused-ring (bicyclic) bond motifs is 1. The molecule has 1 N–H and O–H groups in total. The van der Waals surface area contributed by atoms with Gasteiger partial charge in [0.15, 0.2) is 0 Å². The molecule has 1 heterocycles. The number of nitrogens with one attached hydrogen (secondary N) is 1. The van der Waals surface area contributed by atoms with Crippen LogP contribution in [0.4, 0.5) is 5.69 Å². The lowest BCUT2D eigenvalue weighted by atomic mass is 10.1. The molecule has 1 amide bonds. The Morgan fingerprint density at radius 1 is 1.30 bits per heavy atom. The molecular formula is C17H24N2O3S. The van der Waals surface area contributed by atoms with E-state index in [0.717, 1.165) is 30.2 Å². The van der Waals surface area contributed by atoms with Gasteiger partial charge in [0.25, 0.3) is 0 Å². The van der Waals surface area contributed by atoms with Gasteiger partial charge in [-0.3, -0.25) is 9.59 Å². The van der Waals surface area contributed by atoms with Crippen LogP contribution in [0.3, 0.4) is 0 Å². The van der Waals surface area contributed by atoms with Crippen molar-refractivity contribution in [2.45, 2.75) is 36.8 Å². The van der Waals surface area contributed by atoms with Crippen LogP contribution in [0.15, 0.2) is 29.2 Å². The van der Waals surface area contributed by atoms with Crippen molar-refractivity contribution in [1.29, 1.82) is 0 Å². The number of anilines is 1. The lowest BCUT2D eigenvalue weighted by Crippen LogP contribution is -2.42. The highest BCUT2D eigenvalue weighted by molar-refractivity contribution is 8.01. The Morgan fingerprint density at radius 2 is 2.00 bits per heavy atom. The third-order valence-corrected chi connectivity index (χ3v) is 5.35. The summed E-state index contributed by atoms with van der Waals surface area (Å²) in [7, 11) is 0. The van der Waals surface area contributed by atoms with Crippen LogP contribution in [0.1, 0.15) is 27.2 Å². The summed E-state index contributed by atoms with van der Waals surface area (Å²) < 4.78 is 4.47. The normalized spacial score (nSPS) is 20.1. The van der Waals surface area contributed by atoms with E-state index in [0.29, 0.717) is 6.61 Å². The summed E-state index contributed by atoms with van der Waals surface area (Å²) >= 11 is 1.42. The first-order valence-electron chi connectivity index (χ1n) is 7.96. The predicted molar refractivity (Wildman–Crippen MR) is 92.7 cm³/mol. The maximum absolute atomic E-state index is 12.3. The number of esters is 1. The van der Waals surface area contributed by atoms with Crippen LogP contribution in [0.2, 0.25) is 0 Å². The lowest BCUT2D eigenvalue weighted by molar-refractivity contribution is -0.145. The molecule has 2 rings (SSSR count). The van der Waals surface area contributed by atoms with E-state index in [1.54, 1.807) is 6.92 Å². The highest BCUT2D eigenvalue weighted by Gasteiger charge is 2.41. The third kappa shape index (κ3) is 4.48. The van der Waals surface area contributed by atoms with Crippen LogP contribution in [0.5, 0.6) is 0 Å². The van der Waals surface area contributed by atoms with Gasteiger partial charge in [-0.1, -0.05) is 26.0 Å². The van der Waals surface area contributed by atoms with Crippen LogP contribution < -0.4 is 5.32 Å². The molecule has 1 aliphatic heterocycles. The van der Waals surface area contributed by atoms with E-state index in [-0.39, 0.29) is 18.3 Å². The number of hydrogen-bond acceptors (Lipinski definition) is 5. The van der Waals surface area contributed by atoms with E-state index in [1.165, 1.54) is 11.8 Å². The molecule has 126 valence electrons. The van der Waals surface area contributed by atoms with Crippen molar-refractivity contribution < 1.29 is 14.3 Å². The number of nitrogens with zero attached hydrogens (tertiary/aromatic N) is 1. The molecule has 0 bridgehead atoms. The third-order valence-electron chi connectivity index (χ3n) is 4.00. The van der Waals surface area contributed by atoms with E-state index >= 15 is 0 Å². The van der Waals surface area contributed by atoms with E-state index in [9.17, 15) is 9.59 Å². The molecule has 0 saturated heterocycles. The molecular weight excluding hydrogens is 312 g/mol. The van der Waals surface area contributed by atoms with Crippen molar-refractivity contribution in [3.8, 4) is 0 Å². The maximum Gasteiger partial charge on any atom is 0.307 e. The van der Waals surface area contributed by atoms with Crippen molar-refractivity contribution in [3.63, 3.8) is 0 Å². The number of ether oxygens (including phenoxy) is 1. The molecule has 0 saturated carbocycles. The van der Waals surface area contributed by atoms with Crippen molar-refractivity contribution >= 4 is 29.3 Å². The zero-order valence-electron chi connectivity index (χ0n) is 13.9. The van der Waals surface area contributed by atoms with E-state index in [1.807, 2.05) is 24.3 Å². The minimum atomic E-state index is -0.833. The van der Waals surface area contributed by atoms with Gasteiger partial charge in [-0.2, -0.15) is 0 Å². The first-order chi connectivity index (χ1) is 11.0. The van der Waals surface area contributed by atoms with Crippen LogP contribution in [-0.2, 0) is 14.3 Å². The molecule has 1 atom stereocenters. The van der Waals surface area contributed by atoms with Gasteiger partial charge in [-0.25, -0.2) is 0 Å². The molecule has 1 aliphatic rings. The summed E-state index contributed by atoms with van der Waals surface area (Å²) in [6.07, 6.45) is 0.0656. The van der Waals surface area contributed by atoms with Gasteiger partial charge in [-0.05, 0) is 32.1 Å². The van der Waals surface area contributed by atoms with E-state index in [2.05, 4.69) is 24.1 Å². The second-order valence-electron chi connectivity index (χ2n) is 5.71. The van der Waals surface area contributed by atoms with Gasteiger partial charge >= 0.3 is 5.97 Å². The number of carbonyl (C=O) groups is 2. The average Bonchev–Trinajstić information content (AvgIpc) is 2.52. The first-order valence-corrected chi connectivity index (χ1v) is 8.77. The van der Waals surface area contributed by atoms with Gasteiger partial charge in [0.2, 0.25) is 5.91 Å². The lowest BCUT2D eigenvalue weighted by Gasteiger charge is -2.32. The van der Waals surface area contributed by atoms with Crippen molar-refractivity contribution in [2.24, 2.45) is 0 Å². The molecule has 1 aromatic rings. The molecule has 23 heavy (non-hydrogen) atoms. The molecule has 1 aromatic carbocycles. The van der Waals surface area contributed by atoms with Crippen molar-refractivity contribution in [2.75, 3.05) is 31.6 Å². The van der Waals surface area contributed by atoms with Crippen LogP contribution in [-0.4, -0.2) is 47.8 Å². The van der Waals surface area contributed by atoms with Crippen molar-refractivity contribution in [1.82, 2.24) is 4.90 Å². The second-order valence-corrected chi connectivity index (χ2v) is 7.25. The SMILES string of the molecule is CCN(CC)CCOC(=O)C[C@@]1(C)Sc2ccccc2NC1=O. The largest absolute Gasteiger partial charge is 0.464 e. The Labute approximate surface area is 141 Å². The van der Waals surface area contributed by atoms with Gasteiger partial charge < -0.3 is 15.0 Å². The topological polar surface area (TPSA) is 58.6 Å². The summed E-state index contributed by atoms with van der Waals surface area (Å²) in [6.45, 7) is 8.88. The zero-order chi connectivity index (χ0) is 16.9. The first kappa shape index (κ1) is 17.8. The molecule has 0 radical (unpaired) electrons. The van der Waals surface area contributed by atoms with Crippen LogP contribution in [0, 0.1) is 0 Å². The Morgan fingerprint density at radius 3 is 2.70 bits per heavy atom.